The molecule has 0 bridgehead atoms. The quantitative estimate of drug-likeness (QED) is 0.142. The highest BCUT2D eigenvalue weighted by atomic mass is 28.4. The van der Waals surface area contributed by atoms with Gasteiger partial charge in [0, 0.05) is 43.9 Å². The summed E-state index contributed by atoms with van der Waals surface area (Å²) in [5.41, 5.74) is 0.497. The molecule has 2 fully saturated rings. The van der Waals surface area contributed by atoms with E-state index in [1.54, 1.807) is 6.92 Å². The Bertz CT molecular complexity index is 1850. The molecule has 12 heteroatoms. The Labute approximate surface area is 312 Å². The van der Waals surface area contributed by atoms with Crippen molar-refractivity contribution in [2.75, 3.05) is 32.8 Å². The molecule has 282 valence electrons. The first-order chi connectivity index (χ1) is 25.5. The average Bonchev–Trinajstić information content (AvgIpc) is 3.81. The number of aryl methyl sites for hydroxylation is 1. The van der Waals surface area contributed by atoms with Gasteiger partial charge in [0.1, 0.15) is 25.0 Å². The largest absolute Gasteiger partial charge is 0.508 e. The maximum absolute atomic E-state index is 13.4. The number of rotatable bonds is 14. The summed E-state index contributed by atoms with van der Waals surface area (Å²) in [7, 11) is -2.97. The number of nitrogens with zero attached hydrogens (tertiary/aromatic N) is 2. The van der Waals surface area contributed by atoms with Crippen molar-refractivity contribution in [1.29, 1.82) is 0 Å². The third kappa shape index (κ3) is 9.25. The zero-order valence-corrected chi connectivity index (χ0v) is 32.2. The highest BCUT2D eigenvalue weighted by Gasteiger charge is 2.51. The maximum atomic E-state index is 13.4. The molecule has 0 spiro atoms. The van der Waals surface area contributed by atoms with Crippen molar-refractivity contribution < 1.29 is 23.4 Å². The van der Waals surface area contributed by atoms with Crippen LogP contribution in [0.3, 0.4) is 0 Å². The third-order valence-electron chi connectivity index (χ3n) is 10.3. The molecule has 0 radical (unpaired) electrons. The Morgan fingerprint density at radius 3 is 2.21 bits per heavy atom. The highest BCUT2D eigenvalue weighted by molar-refractivity contribution is 6.99. The van der Waals surface area contributed by atoms with Gasteiger partial charge in [-0.2, -0.15) is 0 Å². The Balaban J connectivity index is 1.20. The number of carbonyl (C=O) groups is 1. The molecule has 3 aromatic carbocycles. The van der Waals surface area contributed by atoms with Gasteiger partial charge in [-0.15, -0.1) is 0 Å². The predicted octanol–water partition coefficient (Wildman–Crippen LogP) is 4.49. The standard InChI is InChI=1S/C41H52N4O7Si/c1-30-26-45(39(47)43-38(30)46)37-25-35(52-40(48)49-24-23-44(28-32-17-14-22-42-32)27-31-15-8-5-9-16-31)36(51-37)29-50-53(41(2,3)4,33-18-10-6-11-19-33)34-20-12-7-13-21-34/h5-13,15-16,18-21,26,32,35-37,42H,14,17,22-25,27-29H2,1-4H3,(H,43,46,47)/t32-,35-,36+,37+/m0/s1. The zero-order valence-electron chi connectivity index (χ0n) is 31.2. The summed E-state index contributed by atoms with van der Waals surface area (Å²) in [6, 6.07) is 31.2. The fourth-order valence-corrected chi connectivity index (χ4v) is 12.2. The molecule has 0 unspecified atom stereocenters. The molecule has 2 aliphatic rings. The summed E-state index contributed by atoms with van der Waals surface area (Å²) in [6.45, 7) is 11.6. The number of nitrogens with one attached hydrogen (secondary N) is 2. The van der Waals surface area contributed by atoms with Gasteiger partial charge in [-0.05, 0) is 47.3 Å². The van der Waals surface area contributed by atoms with Crippen LogP contribution in [0, 0.1) is 6.92 Å². The number of aromatic amines is 1. The van der Waals surface area contributed by atoms with Crippen LogP contribution in [-0.2, 0) is 25.2 Å². The van der Waals surface area contributed by atoms with E-state index in [4.69, 9.17) is 18.6 Å². The monoisotopic (exact) mass is 740 g/mol. The lowest BCUT2D eigenvalue weighted by Crippen LogP contribution is -2.67. The Hall–Kier alpha value is -4.33. The van der Waals surface area contributed by atoms with Crippen LogP contribution in [0.25, 0.3) is 0 Å². The van der Waals surface area contributed by atoms with E-state index in [2.05, 4.69) is 72.4 Å². The molecule has 11 nitrogen and oxygen atoms in total. The molecule has 6 rings (SSSR count). The summed E-state index contributed by atoms with van der Waals surface area (Å²) < 4.78 is 26.7. The number of aromatic nitrogens is 2. The van der Waals surface area contributed by atoms with Gasteiger partial charge in [-0.3, -0.25) is 19.2 Å². The Kier molecular flexibility index (Phi) is 12.5. The lowest BCUT2D eigenvalue weighted by Gasteiger charge is -2.43. The predicted molar refractivity (Wildman–Crippen MR) is 207 cm³/mol. The van der Waals surface area contributed by atoms with Gasteiger partial charge >= 0.3 is 11.8 Å². The minimum absolute atomic E-state index is 0.0953. The molecule has 2 N–H and O–H groups in total. The molecule has 0 amide bonds. The maximum Gasteiger partial charge on any atom is 0.508 e. The summed E-state index contributed by atoms with van der Waals surface area (Å²) >= 11 is 0. The van der Waals surface area contributed by atoms with E-state index in [-0.39, 0.29) is 24.7 Å². The van der Waals surface area contributed by atoms with E-state index < -0.39 is 44.2 Å². The van der Waals surface area contributed by atoms with Gasteiger partial charge in [0.25, 0.3) is 13.9 Å². The summed E-state index contributed by atoms with van der Waals surface area (Å²) in [6.07, 6.45) is 0.803. The lowest BCUT2D eigenvalue weighted by molar-refractivity contribution is -0.0553. The van der Waals surface area contributed by atoms with Crippen molar-refractivity contribution in [3.63, 3.8) is 0 Å². The summed E-state index contributed by atoms with van der Waals surface area (Å²) in [5, 5.41) is 5.47. The number of H-pyrrole nitrogens is 1. The van der Waals surface area contributed by atoms with Crippen LogP contribution in [0.1, 0.15) is 57.4 Å². The van der Waals surface area contributed by atoms with Crippen LogP contribution >= 0.6 is 0 Å². The van der Waals surface area contributed by atoms with E-state index >= 15 is 0 Å². The molecular formula is C41H52N4O7Si. The molecule has 4 aromatic rings. The van der Waals surface area contributed by atoms with Crippen molar-refractivity contribution >= 4 is 24.8 Å². The van der Waals surface area contributed by atoms with Crippen molar-refractivity contribution in [2.45, 2.75) is 83.0 Å². The first-order valence-corrected chi connectivity index (χ1v) is 20.5. The van der Waals surface area contributed by atoms with Crippen LogP contribution < -0.4 is 26.9 Å². The van der Waals surface area contributed by atoms with Gasteiger partial charge < -0.3 is 24.0 Å². The number of hydrogen-bond donors (Lipinski definition) is 2. The van der Waals surface area contributed by atoms with Crippen LogP contribution in [0.5, 0.6) is 0 Å². The van der Waals surface area contributed by atoms with E-state index in [0.717, 1.165) is 42.8 Å². The van der Waals surface area contributed by atoms with E-state index in [9.17, 15) is 14.4 Å². The van der Waals surface area contributed by atoms with Crippen LogP contribution in [0.4, 0.5) is 4.79 Å². The molecule has 4 atom stereocenters. The Morgan fingerprint density at radius 2 is 1.60 bits per heavy atom. The number of carbonyl (C=O) groups excluding carboxylic acids is 1. The minimum Gasteiger partial charge on any atom is -0.433 e. The second kappa shape index (κ2) is 17.2. The van der Waals surface area contributed by atoms with Crippen molar-refractivity contribution in [3.05, 3.63) is 129 Å². The third-order valence-corrected chi connectivity index (χ3v) is 15.3. The first-order valence-electron chi connectivity index (χ1n) is 18.6. The number of hydrogen-bond acceptors (Lipinski definition) is 9. The van der Waals surface area contributed by atoms with E-state index in [1.807, 2.05) is 54.6 Å². The summed E-state index contributed by atoms with van der Waals surface area (Å²) in [4.78, 5) is 43.2. The van der Waals surface area contributed by atoms with Crippen LogP contribution in [-0.4, -0.2) is 80.0 Å². The minimum atomic E-state index is -2.97. The fourth-order valence-electron chi connectivity index (χ4n) is 7.63. The zero-order chi connectivity index (χ0) is 37.4. The highest BCUT2D eigenvalue weighted by Crippen LogP contribution is 2.38. The van der Waals surface area contributed by atoms with Gasteiger partial charge in [0.2, 0.25) is 0 Å². The molecule has 0 aliphatic carbocycles. The molecular weight excluding hydrogens is 689 g/mol. The molecule has 3 heterocycles. The van der Waals surface area contributed by atoms with Gasteiger partial charge in [-0.1, -0.05) is 112 Å². The smallest absolute Gasteiger partial charge is 0.433 e. The summed E-state index contributed by atoms with van der Waals surface area (Å²) in [5.74, 6) is 0. The second-order valence-corrected chi connectivity index (χ2v) is 19.4. The normalized spacial score (nSPS) is 20.5. The van der Waals surface area contributed by atoms with Gasteiger partial charge in [-0.25, -0.2) is 9.59 Å². The van der Waals surface area contributed by atoms with Gasteiger partial charge in [0.15, 0.2) is 0 Å². The molecule has 2 aliphatic heterocycles. The first kappa shape index (κ1) is 38.4. The Morgan fingerprint density at radius 1 is 0.962 bits per heavy atom. The lowest BCUT2D eigenvalue weighted by atomic mass is 10.1. The average molecular weight is 741 g/mol. The van der Waals surface area contributed by atoms with Crippen LogP contribution in [0.2, 0.25) is 5.04 Å². The van der Waals surface area contributed by atoms with Crippen molar-refractivity contribution in [1.82, 2.24) is 19.8 Å². The molecule has 53 heavy (non-hydrogen) atoms. The molecule has 0 saturated carbocycles. The molecule has 1 aromatic heterocycles. The fraction of sp³-hybridized carbons (Fsp3) is 0.439. The topological polar surface area (TPSA) is 124 Å². The van der Waals surface area contributed by atoms with Crippen molar-refractivity contribution in [3.8, 4) is 0 Å². The molecule has 2 saturated heterocycles. The SMILES string of the molecule is Cc1cn([C@H]2C[C@H](OC(=O)OCCN(Cc3ccccc3)C[C@@H]3CCCN3)[C@@H](CO[Si](c3ccccc3)(c3ccccc3)C(C)(C)C)O2)c(=O)[nH]c1=O. The number of benzene rings is 3. The van der Waals surface area contributed by atoms with Gasteiger partial charge in [0.05, 0.1) is 6.61 Å². The second-order valence-electron chi connectivity index (χ2n) is 15.1. The van der Waals surface area contributed by atoms with Crippen molar-refractivity contribution in [2.24, 2.45) is 0 Å². The van der Waals surface area contributed by atoms with E-state index in [0.29, 0.717) is 18.2 Å². The van der Waals surface area contributed by atoms with E-state index in [1.165, 1.54) is 16.3 Å². The van der Waals surface area contributed by atoms with Crippen LogP contribution in [0.15, 0.2) is 107 Å². The number of ether oxygens (including phenoxy) is 3.